The Balaban J connectivity index is 2.84. The summed E-state index contributed by atoms with van der Waals surface area (Å²) in [5.74, 6) is 0. The second kappa shape index (κ2) is 3.68. The molecule has 3 heteroatoms. The largest absolute Gasteiger partial charge is 0.255 e. The molecule has 0 atom stereocenters. The molecule has 1 nitrogen and oxygen atoms in total. The molecule has 0 bridgehead atoms. The van der Waals surface area contributed by atoms with Crippen molar-refractivity contribution in [2.45, 2.75) is 4.90 Å². The van der Waals surface area contributed by atoms with Crippen molar-refractivity contribution in [3.05, 3.63) is 34.9 Å². The van der Waals surface area contributed by atoms with E-state index in [2.05, 4.69) is 45.4 Å². The SMILES string of the molecule is CSc1c(Br)ccc2cccnc12. The Morgan fingerprint density at radius 2 is 2.15 bits per heavy atom. The van der Waals surface area contributed by atoms with Gasteiger partial charge in [-0.1, -0.05) is 12.1 Å². The topological polar surface area (TPSA) is 12.9 Å². The lowest BCUT2D eigenvalue weighted by molar-refractivity contribution is 1.33. The highest BCUT2D eigenvalue weighted by Crippen LogP contribution is 2.31. The summed E-state index contributed by atoms with van der Waals surface area (Å²) < 4.78 is 1.12. The van der Waals surface area contributed by atoms with E-state index >= 15 is 0 Å². The summed E-state index contributed by atoms with van der Waals surface area (Å²) in [6.07, 6.45) is 3.89. The highest BCUT2D eigenvalue weighted by atomic mass is 79.9. The van der Waals surface area contributed by atoms with E-state index in [9.17, 15) is 0 Å². The Labute approximate surface area is 89.7 Å². The molecule has 0 spiro atoms. The first-order chi connectivity index (χ1) is 6.33. The zero-order valence-electron chi connectivity index (χ0n) is 7.12. The molecule has 1 aromatic heterocycles. The Bertz CT molecular complexity index is 442. The molecule has 0 fully saturated rings. The summed E-state index contributed by atoms with van der Waals surface area (Å²) in [5, 5.41) is 1.19. The first kappa shape index (κ1) is 9.03. The molecule has 1 heterocycles. The van der Waals surface area contributed by atoms with Crippen LogP contribution in [-0.4, -0.2) is 11.2 Å². The predicted molar refractivity (Wildman–Crippen MR) is 61.2 cm³/mol. The van der Waals surface area contributed by atoms with Crippen molar-refractivity contribution in [2.75, 3.05) is 6.26 Å². The molecular weight excluding hydrogens is 246 g/mol. The van der Waals surface area contributed by atoms with Crippen LogP contribution in [0, 0.1) is 0 Å². The predicted octanol–water partition coefficient (Wildman–Crippen LogP) is 3.72. The number of rotatable bonds is 1. The van der Waals surface area contributed by atoms with Crippen LogP contribution in [-0.2, 0) is 0 Å². The zero-order chi connectivity index (χ0) is 9.26. The maximum atomic E-state index is 4.36. The average Bonchev–Trinajstić information content (AvgIpc) is 2.18. The van der Waals surface area contributed by atoms with Crippen LogP contribution in [0.1, 0.15) is 0 Å². The van der Waals surface area contributed by atoms with Crippen LogP contribution >= 0.6 is 27.7 Å². The van der Waals surface area contributed by atoms with Crippen LogP contribution in [0.3, 0.4) is 0 Å². The van der Waals surface area contributed by atoms with Crippen LogP contribution in [0.15, 0.2) is 39.8 Å². The fourth-order valence-corrected chi connectivity index (χ4v) is 2.72. The van der Waals surface area contributed by atoms with Gasteiger partial charge in [-0.15, -0.1) is 11.8 Å². The Hall–Kier alpha value is -0.540. The number of benzene rings is 1. The minimum atomic E-state index is 1.07. The van der Waals surface area contributed by atoms with Crippen LogP contribution in [0.25, 0.3) is 10.9 Å². The third kappa shape index (κ3) is 1.58. The molecule has 1 aromatic carbocycles. The van der Waals surface area contributed by atoms with E-state index in [4.69, 9.17) is 0 Å². The lowest BCUT2D eigenvalue weighted by Crippen LogP contribution is -1.82. The quantitative estimate of drug-likeness (QED) is 0.719. The first-order valence-electron chi connectivity index (χ1n) is 3.90. The van der Waals surface area contributed by atoms with Crippen molar-refractivity contribution in [1.82, 2.24) is 4.98 Å². The van der Waals surface area contributed by atoms with E-state index in [0.29, 0.717) is 0 Å². The number of aromatic nitrogens is 1. The van der Waals surface area contributed by atoms with Crippen molar-refractivity contribution in [2.24, 2.45) is 0 Å². The molecule has 0 saturated heterocycles. The van der Waals surface area contributed by atoms with Gasteiger partial charge in [-0.25, -0.2) is 0 Å². The van der Waals surface area contributed by atoms with Crippen LogP contribution in [0.4, 0.5) is 0 Å². The second-order valence-electron chi connectivity index (χ2n) is 2.66. The van der Waals surface area contributed by atoms with E-state index in [1.54, 1.807) is 11.8 Å². The first-order valence-corrected chi connectivity index (χ1v) is 5.92. The van der Waals surface area contributed by atoms with Gasteiger partial charge in [0.2, 0.25) is 0 Å². The minimum absolute atomic E-state index is 1.07. The van der Waals surface area contributed by atoms with Gasteiger partial charge in [-0.05, 0) is 34.3 Å². The van der Waals surface area contributed by atoms with Crippen LogP contribution in [0.2, 0.25) is 0 Å². The summed E-state index contributed by atoms with van der Waals surface area (Å²) in [6.45, 7) is 0. The third-order valence-electron chi connectivity index (χ3n) is 1.88. The number of fused-ring (bicyclic) bond motifs is 1. The van der Waals surface area contributed by atoms with Gasteiger partial charge in [-0.2, -0.15) is 0 Å². The second-order valence-corrected chi connectivity index (χ2v) is 4.33. The van der Waals surface area contributed by atoms with Crippen LogP contribution < -0.4 is 0 Å². The van der Waals surface area contributed by atoms with Gasteiger partial charge in [0, 0.05) is 21.0 Å². The highest BCUT2D eigenvalue weighted by molar-refractivity contribution is 9.10. The lowest BCUT2D eigenvalue weighted by Gasteiger charge is -2.04. The van der Waals surface area contributed by atoms with Crippen molar-refractivity contribution >= 4 is 38.6 Å². The van der Waals surface area contributed by atoms with E-state index in [0.717, 1.165) is 9.99 Å². The number of hydrogen-bond donors (Lipinski definition) is 0. The van der Waals surface area contributed by atoms with Gasteiger partial charge < -0.3 is 0 Å². The zero-order valence-corrected chi connectivity index (χ0v) is 9.52. The average molecular weight is 254 g/mol. The van der Waals surface area contributed by atoms with Crippen LogP contribution in [0.5, 0.6) is 0 Å². The maximum absolute atomic E-state index is 4.36. The maximum Gasteiger partial charge on any atom is 0.0849 e. The normalized spacial score (nSPS) is 10.6. The molecule has 0 radical (unpaired) electrons. The Kier molecular flexibility index (Phi) is 2.56. The van der Waals surface area contributed by atoms with Gasteiger partial charge in [-0.3, -0.25) is 4.98 Å². The van der Waals surface area contributed by atoms with Crippen molar-refractivity contribution in [3.63, 3.8) is 0 Å². The van der Waals surface area contributed by atoms with Crippen molar-refractivity contribution < 1.29 is 0 Å². The molecule has 0 aliphatic heterocycles. The highest BCUT2D eigenvalue weighted by Gasteiger charge is 2.04. The molecule has 0 aliphatic rings. The van der Waals surface area contributed by atoms with E-state index < -0.39 is 0 Å². The summed E-state index contributed by atoms with van der Waals surface area (Å²) in [6, 6.07) is 8.18. The number of nitrogens with zero attached hydrogens (tertiary/aromatic N) is 1. The number of halogens is 1. The summed E-state index contributed by atoms with van der Waals surface area (Å²) in [7, 11) is 0. The van der Waals surface area contributed by atoms with Crippen molar-refractivity contribution in [1.29, 1.82) is 0 Å². The van der Waals surface area contributed by atoms with Crippen molar-refractivity contribution in [3.8, 4) is 0 Å². The standard InChI is InChI=1S/C10H8BrNS/c1-13-10-8(11)5-4-7-3-2-6-12-9(7)10/h2-6H,1H3. The monoisotopic (exact) mass is 253 g/mol. The molecule has 0 aliphatic carbocycles. The van der Waals surface area contributed by atoms with E-state index in [1.807, 2.05) is 12.3 Å². The fourth-order valence-electron chi connectivity index (χ4n) is 1.29. The van der Waals surface area contributed by atoms with Gasteiger partial charge in [0.05, 0.1) is 5.52 Å². The van der Waals surface area contributed by atoms with Gasteiger partial charge in [0.15, 0.2) is 0 Å². The lowest BCUT2D eigenvalue weighted by atomic mass is 10.2. The molecule has 0 unspecified atom stereocenters. The smallest absolute Gasteiger partial charge is 0.0849 e. The number of hydrogen-bond acceptors (Lipinski definition) is 2. The minimum Gasteiger partial charge on any atom is -0.255 e. The third-order valence-corrected chi connectivity index (χ3v) is 3.63. The summed E-state index contributed by atoms with van der Waals surface area (Å²) >= 11 is 5.23. The molecule has 0 amide bonds. The van der Waals surface area contributed by atoms with E-state index in [1.165, 1.54) is 10.3 Å². The summed E-state index contributed by atoms with van der Waals surface area (Å²) in [4.78, 5) is 5.57. The fraction of sp³-hybridized carbons (Fsp3) is 0.100. The van der Waals surface area contributed by atoms with Gasteiger partial charge in [0.25, 0.3) is 0 Å². The molecule has 13 heavy (non-hydrogen) atoms. The molecule has 0 saturated carbocycles. The van der Waals surface area contributed by atoms with E-state index in [-0.39, 0.29) is 0 Å². The molecule has 2 rings (SSSR count). The van der Waals surface area contributed by atoms with Gasteiger partial charge >= 0.3 is 0 Å². The molecule has 66 valence electrons. The number of thioether (sulfide) groups is 1. The molecule has 0 N–H and O–H groups in total. The Morgan fingerprint density at radius 3 is 2.92 bits per heavy atom. The number of pyridine rings is 1. The van der Waals surface area contributed by atoms with Gasteiger partial charge in [0.1, 0.15) is 0 Å². The summed E-state index contributed by atoms with van der Waals surface area (Å²) in [5.41, 5.74) is 1.07. The Morgan fingerprint density at radius 1 is 1.31 bits per heavy atom. The molecule has 2 aromatic rings. The molecular formula is C10H8BrNS.